The Kier molecular flexibility index (Phi) is 6.29. The summed E-state index contributed by atoms with van der Waals surface area (Å²) in [5.41, 5.74) is 0.347. The van der Waals surface area contributed by atoms with Crippen LogP contribution in [0.15, 0.2) is 94.8 Å². The van der Waals surface area contributed by atoms with Gasteiger partial charge in [0.05, 0.1) is 4.92 Å². The maximum absolute atomic E-state index is 13.0. The molecule has 0 spiro atoms. The van der Waals surface area contributed by atoms with E-state index >= 15 is 0 Å². The van der Waals surface area contributed by atoms with Gasteiger partial charge in [0.15, 0.2) is 18.9 Å². The van der Waals surface area contributed by atoms with Gasteiger partial charge in [-0.1, -0.05) is 41.9 Å². The first-order chi connectivity index (χ1) is 17.8. The third-order valence-corrected chi connectivity index (χ3v) is 6.39. The van der Waals surface area contributed by atoms with Crippen molar-refractivity contribution < 1.29 is 14.6 Å². The SMILES string of the molecule is O=c1[nH]c([O-])c(C(c2ccc(Cl)cc2)c2c[n+](Cc3ccc([N+](=O)[O-])cc3)cc3ccccc23)c(=O)[nH]1. The molecular formula is C27H19ClN4O5. The summed E-state index contributed by atoms with van der Waals surface area (Å²) in [5, 5.41) is 26.1. The molecule has 2 heterocycles. The van der Waals surface area contributed by atoms with Gasteiger partial charge in [-0.3, -0.25) is 19.9 Å². The molecule has 3 aromatic carbocycles. The number of hydrogen-bond donors (Lipinski definition) is 2. The van der Waals surface area contributed by atoms with E-state index in [1.807, 2.05) is 41.2 Å². The number of fused-ring (bicyclic) bond motifs is 1. The summed E-state index contributed by atoms with van der Waals surface area (Å²) in [6.07, 6.45) is 3.77. The van der Waals surface area contributed by atoms with Gasteiger partial charge in [-0.2, -0.15) is 4.57 Å². The zero-order valence-electron chi connectivity index (χ0n) is 19.2. The van der Waals surface area contributed by atoms with E-state index < -0.39 is 28.0 Å². The Hall–Kier alpha value is -4.76. The molecule has 10 heteroatoms. The number of nitro benzene ring substituents is 1. The Morgan fingerprint density at radius 3 is 2.30 bits per heavy atom. The molecule has 0 fully saturated rings. The van der Waals surface area contributed by atoms with Crippen LogP contribution in [0.3, 0.4) is 0 Å². The second kappa shape index (κ2) is 9.71. The fourth-order valence-electron chi connectivity index (χ4n) is 4.49. The Bertz CT molecular complexity index is 1740. The molecule has 0 aliphatic rings. The molecule has 0 aliphatic carbocycles. The van der Waals surface area contributed by atoms with Crippen LogP contribution in [-0.2, 0) is 6.54 Å². The molecule has 5 rings (SSSR count). The first-order valence-electron chi connectivity index (χ1n) is 11.2. The summed E-state index contributed by atoms with van der Waals surface area (Å²) < 4.78 is 1.89. The summed E-state index contributed by atoms with van der Waals surface area (Å²) in [5.74, 6) is -1.59. The monoisotopic (exact) mass is 514 g/mol. The van der Waals surface area contributed by atoms with E-state index in [1.165, 1.54) is 12.1 Å². The third kappa shape index (κ3) is 4.85. The molecule has 0 bridgehead atoms. The van der Waals surface area contributed by atoms with Crippen LogP contribution in [0, 0.1) is 10.1 Å². The van der Waals surface area contributed by atoms with E-state index in [0.29, 0.717) is 22.7 Å². The lowest BCUT2D eigenvalue weighted by Gasteiger charge is -2.23. The number of pyridine rings is 1. The first-order valence-corrected chi connectivity index (χ1v) is 11.6. The number of hydrogen-bond acceptors (Lipinski definition) is 5. The molecule has 0 saturated carbocycles. The van der Waals surface area contributed by atoms with Crippen molar-refractivity contribution in [1.82, 2.24) is 9.97 Å². The van der Waals surface area contributed by atoms with Gasteiger partial charge in [-0.05, 0) is 47.2 Å². The van der Waals surface area contributed by atoms with Crippen molar-refractivity contribution in [3.8, 4) is 5.88 Å². The highest BCUT2D eigenvalue weighted by Gasteiger charge is 2.26. The molecule has 37 heavy (non-hydrogen) atoms. The molecule has 1 unspecified atom stereocenters. The Balaban J connectivity index is 1.73. The van der Waals surface area contributed by atoms with E-state index in [1.54, 1.807) is 36.4 Å². The average molecular weight is 515 g/mol. The third-order valence-electron chi connectivity index (χ3n) is 6.14. The van der Waals surface area contributed by atoms with Crippen LogP contribution in [0.25, 0.3) is 10.8 Å². The minimum Gasteiger partial charge on any atom is -0.860 e. The largest absolute Gasteiger partial charge is 0.860 e. The second-order valence-electron chi connectivity index (χ2n) is 8.53. The quantitative estimate of drug-likeness (QED) is 0.203. The van der Waals surface area contributed by atoms with E-state index in [9.17, 15) is 24.8 Å². The molecule has 2 aromatic heterocycles. The fourth-order valence-corrected chi connectivity index (χ4v) is 4.61. The van der Waals surface area contributed by atoms with Gasteiger partial charge in [0.1, 0.15) is 0 Å². The van der Waals surface area contributed by atoms with E-state index in [4.69, 9.17) is 11.6 Å². The summed E-state index contributed by atoms with van der Waals surface area (Å²) in [6, 6.07) is 20.6. The molecule has 184 valence electrons. The van der Waals surface area contributed by atoms with E-state index in [-0.39, 0.29) is 11.3 Å². The maximum atomic E-state index is 13.0. The molecule has 9 nitrogen and oxygen atoms in total. The molecular weight excluding hydrogens is 496 g/mol. The number of benzene rings is 3. The number of H-pyrrole nitrogens is 2. The minimum absolute atomic E-state index is 0.00368. The number of aromatic amines is 2. The zero-order valence-corrected chi connectivity index (χ0v) is 19.9. The highest BCUT2D eigenvalue weighted by molar-refractivity contribution is 6.30. The van der Waals surface area contributed by atoms with Gasteiger partial charge in [0.25, 0.3) is 11.2 Å². The van der Waals surface area contributed by atoms with Crippen molar-refractivity contribution in [1.29, 1.82) is 0 Å². The molecule has 0 radical (unpaired) electrons. The number of rotatable bonds is 6. The van der Waals surface area contributed by atoms with Gasteiger partial charge < -0.3 is 10.1 Å². The standard InChI is InChI=1S/C27H19ClN4O5/c28-19-9-7-17(8-10-19)23(24-25(33)29-27(35)30-26(24)34)22-15-31(14-18-3-1-2-4-21(18)22)13-16-5-11-20(12-6-16)32(36)37/h1-12,14-15,23H,13H2,(H2-,29,30,33,34,35). The fraction of sp³-hybridized carbons (Fsp3) is 0.0741. The molecule has 0 amide bonds. The summed E-state index contributed by atoms with van der Waals surface area (Å²) in [7, 11) is 0. The topological polar surface area (TPSA) is 136 Å². The van der Waals surface area contributed by atoms with E-state index in [2.05, 4.69) is 9.97 Å². The number of aromatic nitrogens is 3. The van der Waals surface area contributed by atoms with Gasteiger partial charge in [0.2, 0.25) is 0 Å². The Morgan fingerprint density at radius 2 is 1.62 bits per heavy atom. The smallest absolute Gasteiger partial charge is 0.325 e. The van der Waals surface area contributed by atoms with Crippen molar-refractivity contribution >= 4 is 28.1 Å². The predicted octanol–water partition coefficient (Wildman–Crippen LogP) is 3.37. The second-order valence-corrected chi connectivity index (χ2v) is 8.97. The van der Waals surface area contributed by atoms with Crippen LogP contribution in [0.1, 0.15) is 28.2 Å². The molecule has 0 aliphatic heterocycles. The van der Waals surface area contributed by atoms with Crippen LogP contribution in [0.4, 0.5) is 5.69 Å². The number of nitrogens with one attached hydrogen (secondary N) is 2. The normalized spacial score (nSPS) is 11.9. The van der Waals surface area contributed by atoms with Crippen LogP contribution in [-0.4, -0.2) is 14.9 Å². The minimum atomic E-state index is -0.875. The zero-order chi connectivity index (χ0) is 26.1. The van der Waals surface area contributed by atoms with Gasteiger partial charge in [-0.25, -0.2) is 4.79 Å². The number of nitrogens with zero attached hydrogens (tertiary/aromatic N) is 2. The lowest BCUT2D eigenvalue weighted by molar-refractivity contribution is -0.687. The molecule has 2 N–H and O–H groups in total. The number of nitro groups is 1. The summed E-state index contributed by atoms with van der Waals surface area (Å²) >= 11 is 6.11. The number of halogens is 1. The summed E-state index contributed by atoms with van der Waals surface area (Å²) in [4.78, 5) is 39.6. The lowest BCUT2D eigenvalue weighted by atomic mass is 9.84. The van der Waals surface area contributed by atoms with Crippen LogP contribution in [0.2, 0.25) is 5.02 Å². The van der Waals surface area contributed by atoms with Crippen LogP contribution < -0.4 is 20.9 Å². The lowest BCUT2D eigenvalue weighted by Crippen LogP contribution is -2.35. The van der Waals surface area contributed by atoms with Gasteiger partial charge in [-0.15, -0.1) is 0 Å². The molecule has 5 aromatic rings. The van der Waals surface area contributed by atoms with Crippen molar-refractivity contribution in [3.63, 3.8) is 0 Å². The molecule has 0 saturated heterocycles. The van der Waals surface area contributed by atoms with E-state index in [0.717, 1.165) is 16.3 Å². The molecule has 1 atom stereocenters. The highest BCUT2D eigenvalue weighted by atomic mass is 35.5. The van der Waals surface area contributed by atoms with Crippen molar-refractivity contribution in [2.75, 3.05) is 0 Å². The summed E-state index contributed by atoms with van der Waals surface area (Å²) in [6.45, 7) is 0.384. The predicted molar refractivity (Wildman–Crippen MR) is 136 cm³/mol. The highest BCUT2D eigenvalue weighted by Crippen LogP contribution is 2.36. The Labute approximate surface area is 214 Å². The Morgan fingerprint density at radius 1 is 0.919 bits per heavy atom. The van der Waals surface area contributed by atoms with Crippen molar-refractivity contribution in [2.24, 2.45) is 0 Å². The van der Waals surface area contributed by atoms with Crippen LogP contribution >= 0.6 is 11.6 Å². The van der Waals surface area contributed by atoms with Gasteiger partial charge >= 0.3 is 5.69 Å². The number of non-ortho nitro benzene ring substituents is 1. The maximum Gasteiger partial charge on any atom is 0.325 e. The van der Waals surface area contributed by atoms with Gasteiger partial charge in [0, 0.05) is 45.1 Å². The van der Waals surface area contributed by atoms with Crippen molar-refractivity contribution in [2.45, 2.75) is 12.5 Å². The first kappa shape index (κ1) is 24.0. The average Bonchev–Trinajstić information content (AvgIpc) is 2.87. The van der Waals surface area contributed by atoms with Crippen LogP contribution in [0.5, 0.6) is 5.88 Å². The van der Waals surface area contributed by atoms with Crippen molar-refractivity contribution in [3.05, 3.63) is 143 Å².